The summed E-state index contributed by atoms with van der Waals surface area (Å²) in [6.45, 7) is 1.60. The first-order chi connectivity index (χ1) is 10.6. The van der Waals surface area contributed by atoms with Crippen molar-refractivity contribution in [3.05, 3.63) is 35.9 Å². The van der Waals surface area contributed by atoms with Gasteiger partial charge in [0.05, 0.1) is 13.0 Å². The first kappa shape index (κ1) is 16.5. The highest BCUT2D eigenvalue weighted by atomic mass is 16.5. The topological polar surface area (TPSA) is 66.8 Å². The van der Waals surface area contributed by atoms with Crippen LogP contribution < -0.4 is 0 Å². The Morgan fingerprint density at radius 1 is 1.32 bits per heavy atom. The number of hydrogen-bond donors (Lipinski definition) is 1. The van der Waals surface area contributed by atoms with E-state index >= 15 is 0 Å². The van der Waals surface area contributed by atoms with Gasteiger partial charge in [0.15, 0.2) is 0 Å². The van der Waals surface area contributed by atoms with Crippen LogP contribution in [0.4, 0.5) is 0 Å². The summed E-state index contributed by atoms with van der Waals surface area (Å²) in [5.41, 5.74) is 1.20. The average Bonchev–Trinajstić information content (AvgIpc) is 2.66. The van der Waals surface area contributed by atoms with Crippen molar-refractivity contribution in [2.24, 2.45) is 5.92 Å². The number of nitrogens with zero attached hydrogens (tertiary/aromatic N) is 1. The molecule has 1 heterocycles. The third kappa shape index (κ3) is 4.31. The number of likely N-dealkylation sites (tertiary alicyclic amines) is 1. The maximum Gasteiger partial charge on any atom is 0.304 e. The number of amides is 1. The Balaban J connectivity index is 2.16. The maximum absolute atomic E-state index is 12.6. The van der Waals surface area contributed by atoms with Crippen molar-refractivity contribution in [2.45, 2.75) is 25.2 Å². The molecule has 0 aromatic heterocycles. The number of ether oxygens (including phenoxy) is 1. The van der Waals surface area contributed by atoms with Gasteiger partial charge < -0.3 is 14.7 Å². The number of methoxy groups -OCH3 is 1. The Labute approximate surface area is 130 Å². The highest BCUT2D eigenvalue weighted by molar-refractivity contribution is 5.83. The number of hydrogen-bond acceptors (Lipinski definition) is 3. The molecule has 5 heteroatoms. The van der Waals surface area contributed by atoms with E-state index in [1.165, 1.54) is 5.56 Å². The Bertz CT molecular complexity index is 503. The van der Waals surface area contributed by atoms with Gasteiger partial charge in [0.2, 0.25) is 5.91 Å². The Morgan fingerprint density at radius 3 is 2.68 bits per heavy atom. The van der Waals surface area contributed by atoms with Crippen LogP contribution in [0, 0.1) is 5.92 Å². The second-order valence-corrected chi connectivity index (χ2v) is 5.76. The lowest BCUT2D eigenvalue weighted by atomic mass is 9.91. The molecule has 0 aliphatic carbocycles. The van der Waals surface area contributed by atoms with E-state index in [4.69, 9.17) is 9.84 Å². The fourth-order valence-electron chi connectivity index (χ4n) is 3.03. The Kier molecular flexibility index (Phi) is 5.95. The Morgan fingerprint density at radius 2 is 2.05 bits per heavy atom. The number of benzene rings is 1. The normalized spacial score (nSPS) is 22.4. The number of carboxylic acid groups (broad SMARTS) is 1. The smallest absolute Gasteiger partial charge is 0.304 e. The molecular weight excluding hydrogens is 282 g/mol. The van der Waals surface area contributed by atoms with Gasteiger partial charge in [-0.05, 0) is 18.4 Å². The molecule has 1 N–H and O–H groups in total. The first-order valence-corrected chi connectivity index (χ1v) is 7.66. The molecule has 1 saturated heterocycles. The van der Waals surface area contributed by atoms with Crippen molar-refractivity contribution in [1.29, 1.82) is 0 Å². The molecule has 0 saturated carbocycles. The predicted molar refractivity (Wildman–Crippen MR) is 82.6 cm³/mol. The number of aliphatic carboxylic acids is 1. The summed E-state index contributed by atoms with van der Waals surface area (Å²) in [7, 11) is 1.60. The molecule has 22 heavy (non-hydrogen) atoms. The van der Waals surface area contributed by atoms with Crippen LogP contribution in [0.1, 0.15) is 30.7 Å². The van der Waals surface area contributed by atoms with Crippen LogP contribution in [0.2, 0.25) is 0 Å². The van der Waals surface area contributed by atoms with E-state index in [-0.39, 0.29) is 18.2 Å². The van der Waals surface area contributed by atoms with Crippen molar-refractivity contribution >= 4 is 11.9 Å². The van der Waals surface area contributed by atoms with Gasteiger partial charge in [0, 0.05) is 32.0 Å². The number of carbonyl (C=O) groups excluding carboxylic acids is 1. The van der Waals surface area contributed by atoms with Crippen molar-refractivity contribution in [1.82, 2.24) is 4.90 Å². The highest BCUT2D eigenvalue weighted by Crippen LogP contribution is 2.30. The number of rotatable bonds is 6. The summed E-state index contributed by atoms with van der Waals surface area (Å²) >= 11 is 0. The highest BCUT2D eigenvalue weighted by Gasteiger charge is 2.32. The van der Waals surface area contributed by atoms with Gasteiger partial charge in [-0.1, -0.05) is 30.3 Å². The van der Waals surface area contributed by atoms with Crippen LogP contribution in [-0.4, -0.2) is 48.7 Å². The standard InChI is InChI=1S/C17H23NO4/c1-22-10-9-18-12-15(13-5-3-2-4-6-13)8-7-14(17(18)21)11-16(19)20/h2-6,14-15H,7-12H2,1H3,(H,19,20). The quantitative estimate of drug-likeness (QED) is 0.874. The monoisotopic (exact) mass is 305 g/mol. The van der Waals surface area contributed by atoms with Gasteiger partial charge in [-0.25, -0.2) is 0 Å². The molecule has 1 aromatic rings. The van der Waals surface area contributed by atoms with Gasteiger partial charge in [-0.15, -0.1) is 0 Å². The van der Waals surface area contributed by atoms with Crippen LogP contribution in [0.5, 0.6) is 0 Å². The zero-order valence-electron chi connectivity index (χ0n) is 12.9. The van der Waals surface area contributed by atoms with Gasteiger partial charge in [-0.3, -0.25) is 9.59 Å². The van der Waals surface area contributed by atoms with E-state index in [1.54, 1.807) is 12.0 Å². The molecule has 1 aromatic carbocycles. The van der Waals surface area contributed by atoms with Crippen molar-refractivity contribution in [3.63, 3.8) is 0 Å². The molecule has 0 bridgehead atoms. The summed E-state index contributed by atoms with van der Waals surface area (Å²) in [5, 5.41) is 9.03. The minimum Gasteiger partial charge on any atom is -0.481 e. The number of carbonyl (C=O) groups is 2. The molecule has 2 atom stereocenters. The SMILES string of the molecule is COCCN1CC(c2ccccc2)CCC(CC(=O)O)C1=O. The van der Waals surface area contributed by atoms with E-state index < -0.39 is 11.9 Å². The lowest BCUT2D eigenvalue weighted by molar-refractivity contribution is -0.144. The fraction of sp³-hybridized carbons (Fsp3) is 0.529. The average molecular weight is 305 g/mol. The molecule has 120 valence electrons. The zero-order valence-corrected chi connectivity index (χ0v) is 12.9. The van der Waals surface area contributed by atoms with Crippen LogP contribution in [0.15, 0.2) is 30.3 Å². The van der Waals surface area contributed by atoms with E-state index in [9.17, 15) is 9.59 Å². The molecular formula is C17H23NO4. The lowest BCUT2D eigenvalue weighted by Gasteiger charge is -2.26. The van der Waals surface area contributed by atoms with Crippen LogP contribution in [-0.2, 0) is 14.3 Å². The Hall–Kier alpha value is -1.88. The molecule has 2 unspecified atom stereocenters. The number of carboxylic acids is 1. The summed E-state index contributed by atoms with van der Waals surface area (Å²) in [6.07, 6.45) is 1.36. The van der Waals surface area contributed by atoms with Crippen molar-refractivity contribution in [2.75, 3.05) is 26.8 Å². The van der Waals surface area contributed by atoms with Crippen molar-refractivity contribution < 1.29 is 19.4 Å². The van der Waals surface area contributed by atoms with Crippen LogP contribution >= 0.6 is 0 Å². The van der Waals surface area contributed by atoms with Crippen LogP contribution in [0.25, 0.3) is 0 Å². The second-order valence-electron chi connectivity index (χ2n) is 5.76. The van der Waals surface area contributed by atoms with Crippen molar-refractivity contribution in [3.8, 4) is 0 Å². The largest absolute Gasteiger partial charge is 0.481 e. The van der Waals surface area contributed by atoms with Gasteiger partial charge >= 0.3 is 5.97 Å². The lowest BCUT2D eigenvalue weighted by Crippen LogP contribution is -2.39. The first-order valence-electron chi connectivity index (χ1n) is 7.66. The third-order valence-electron chi connectivity index (χ3n) is 4.22. The molecule has 1 fully saturated rings. The van der Waals surface area contributed by atoms with Gasteiger partial charge in [0.1, 0.15) is 0 Å². The summed E-state index contributed by atoms with van der Waals surface area (Å²) in [4.78, 5) is 25.3. The fourth-order valence-corrected chi connectivity index (χ4v) is 3.03. The van der Waals surface area contributed by atoms with Gasteiger partial charge in [0.25, 0.3) is 0 Å². The summed E-state index contributed by atoms with van der Waals surface area (Å²) in [5.74, 6) is -1.15. The molecule has 1 aliphatic rings. The summed E-state index contributed by atoms with van der Waals surface area (Å²) in [6, 6.07) is 10.1. The third-order valence-corrected chi connectivity index (χ3v) is 4.22. The van der Waals surface area contributed by atoms with E-state index in [1.807, 2.05) is 18.2 Å². The minimum atomic E-state index is -0.914. The van der Waals surface area contributed by atoms with E-state index in [0.29, 0.717) is 26.1 Å². The zero-order chi connectivity index (χ0) is 15.9. The molecule has 5 nitrogen and oxygen atoms in total. The van der Waals surface area contributed by atoms with E-state index in [2.05, 4.69) is 12.1 Å². The molecule has 0 radical (unpaired) electrons. The molecule has 1 aliphatic heterocycles. The molecule has 2 rings (SSSR count). The second kappa shape index (κ2) is 7.94. The van der Waals surface area contributed by atoms with Gasteiger partial charge in [-0.2, -0.15) is 0 Å². The maximum atomic E-state index is 12.6. The minimum absolute atomic E-state index is 0.0575. The summed E-state index contributed by atoms with van der Waals surface area (Å²) < 4.78 is 5.08. The molecule has 0 spiro atoms. The van der Waals surface area contributed by atoms with Crippen LogP contribution in [0.3, 0.4) is 0 Å². The molecule has 1 amide bonds. The van der Waals surface area contributed by atoms with E-state index in [0.717, 1.165) is 6.42 Å². The predicted octanol–water partition coefficient (Wildman–Crippen LogP) is 2.13.